The van der Waals surface area contributed by atoms with Crippen LogP contribution in [0.15, 0.2) is 35.9 Å². The van der Waals surface area contributed by atoms with Gasteiger partial charge in [-0.3, -0.25) is 0 Å². The third-order valence-electron chi connectivity index (χ3n) is 4.71. The summed E-state index contributed by atoms with van der Waals surface area (Å²) < 4.78 is 0. The predicted molar refractivity (Wildman–Crippen MR) is 101 cm³/mol. The molecule has 1 N–H and O–H groups in total. The van der Waals surface area contributed by atoms with Crippen LogP contribution in [0.4, 0.5) is 0 Å². The lowest BCUT2D eigenvalue weighted by molar-refractivity contribution is 0.142. The molecule has 0 radical (unpaired) electrons. The molecule has 0 unspecified atom stereocenters. The van der Waals surface area contributed by atoms with Gasteiger partial charge in [-0.05, 0) is 46.3 Å². The van der Waals surface area contributed by atoms with Crippen LogP contribution in [0.2, 0.25) is 0 Å². The minimum Gasteiger partial charge on any atom is -0.308 e. The average molecular weight is 316 g/mol. The van der Waals surface area contributed by atoms with Crippen LogP contribution in [0, 0.1) is 0 Å². The number of benzene rings is 1. The van der Waals surface area contributed by atoms with E-state index in [4.69, 9.17) is 0 Å². The molecule has 0 bridgehead atoms. The number of piperazine rings is 1. The molecule has 3 heteroatoms. The zero-order chi connectivity index (χ0) is 16.7. The third-order valence-corrected chi connectivity index (χ3v) is 4.71. The first-order valence-electron chi connectivity index (χ1n) is 8.83. The summed E-state index contributed by atoms with van der Waals surface area (Å²) in [5.74, 6) is 0. The molecule has 2 rings (SSSR count). The van der Waals surface area contributed by atoms with Gasteiger partial charge in [0.25, 0.3) is 0 Å². The maximum atomic E-state index is 3.72. The first-order valence-corrected chi connectivity index (χ1v) is 8.83. The molecule has 1 fully saturated rings. The molecule has 1 aromatic rings. The Morgan fingerprint density at radius 1 is 1.13 bits per heavy atom. The number of hydrogen-bond acceptors (Lipinski definition) is 3. The molecule has 1 aliphatic rings. The summed E-state index contributed by atoms with van der Waals surface area (Å²) in [6, 6.07) is 10.6. The van der Waals surface area contributed by atoms with Crippen LogP contribution in [0.25, 0.3) is 6.08 Å². The first kappa shape index (κ1) is 18.2. The average Bonchev–Trinajstić information content (AvgIpc) is 2.54. The lowest BCUT2D eigenvalue weighted by Gasteiger charge is -2.35. The van der Waals surface area contributed by atoms with E-state index in [1.54, 1.807) is 0 Å². The van der Waals surface area contributed by atoms with E-state index in [9.17, 15) is 0 Å². The predicted octanol–water partition coefficient (Wildman–Crippen LogP) is 3.10. The van der Waals surface area contributed by atoms with Crippen molar-refractivity contribution >= 4 is 6.08 Å². The maximum absolute atomic E-state index is 3.72. The van der Waals surface area contributed by atoms with Gasteiger partial charge in [-0.15, -0.1) is 0 Å². The van der Waals surface area contributed by atoms with Crippen LogP contribution < -0.4 is 5.32 Å². The van der Waals surface area contributed by atoms with Crippen molar-refractivity contribution in [3.63, 3.8) is 0 Å². The molecule has 23 heavy (non-hydrogen) atoms. The fourth-order valence-corrected chi connectivity index (χ4v) is 2.86. The van der Waals surface area contributed by atoms with E-state index in [1.165, 1.54) is 50.3 Å². The van der Waals surface area contributed by atoms with Gasteiger partial charge in [0.1, 0.15) is 0 Å². The Labute approximate surface area is 142 Å². The summed E-state index contributed by atoms with van der Waals surface area (Å²) >= 11 is 0. The van der Waals surface area contributed by atoms with Crippen LogP contribution in [0.5, 0.6) is 0 Å². The second kappa shape index (κ2) is 8.62. The van der Waals surface area contributed by atoms with Crippen LogP contribution in [-0.2, 0) is 0 Å². The molecule has 0 aromatic heterocycles. The summed E-state index contributed by atoms with van der Waals surface area (Å²) in [5, 5.41) is 3.72. The van der Waals surface area contributed by atoms with Gasteiger partial charge < -0.3 is 15.1 Å². The van der Waals surface area contributed by atoms with E-state index in [2.05, 4.69) is 79.3 Å². The number of likely N-dealkylation sites (N-methyl/N-ethyl adjacent to an activating group) is 1. The molecule has 1 aromatic carbocycles. The van der Waals surface area contributed by atoms with Crippen LogP contribution in [0.1, 0.15) is 32.8 Å². The highest BCUT2D eigenvalue weighted by molar-refractivity contribution is 5.52. The van der Waals surface area contributed by atoms with Gasteiger partial charge in [0.2, 0.25) is 0 Å². The monoisotopic (exact) mass is 315 g/mol. The molecule has 0 aliphatic carbocycles. The topological polar surface area (TPSA) is 18.5 Å². The van der Waals surface area contributed by atoms with Gasteiger partial charge in [0.15, 0.2) is 0 Å². The zero-order valence-corrected chi connectivity index (χ0v) is 15.3. The van der Waals surface area contributed by atoms with Crippen molar-refractivity contribution in [2.75, 3.05) is 46.3 Å². The van der Waals surface area contributed by atoms with E-state index < -0.39 is 0 Å². The van der Waals surface area contributed by atoms with Gasteiger partial charge in [0.05, 0.1) is 0 Å². The highest BCUT2D eigenvalue weighted by Gasteiger charge is 2.20. The van der Waals surface area contributed by atoms with Crippen molar-refractivity contribution in [1.29, 1.82) is 0 Å². The molecule has 0 saturated carbocycles. The maximum Gasteiger partial charge on any atom is 0.0170 e. The molecule has 1 heterocycles. The lowest BCUT2D eigenvalue weighted by atomic mass is 9.99. The highest BCUT2D eigenvalue weighted by Crippen LogP contribution is 2.12. The van der Waals surface area contributed by atoms with E-state index in [-0.39, 0.29) is 5.54 Å². The smallest absolute Gasteiger partial charge is 0.0170 e. The Hall–Kier alpha value is -1.16. The Kier molecular flexibility index (Phi) is 6.82. The molecule has 0 amide bonds. The van der Waals surface area contributed by atoms with E-state index in [1.807, 2.05) is 0 Å². The third kappa shape index (κ3) is 6.86. The van der Waals surface area contributed by atoms with Gasteiger partial charge in [0, 0.05) is 38.3 Å². The van der Waals surface area contributed by atoms with E-state index >= 15 is 0 Å². The molecule has 1 saturated heterocycles. The van der Waals surface area contributed by atoms with Crippen LogP contribution in [-0.4, -0.2) is 61.7 Å². The first-order chi connectivity index (χ1) is 10.9. The van der Waals surface area contributed by atoms with Crippen molar-refractivity contribution < 1.29 is 0 Å². The van der Waals surface area contributed by atoms with Crippen LogP contribution in [0.3, 0.4) is 0 Å². The summed E-state index contributed by atoms with van der Waals surface area (Å²) in [5.41, 5.74) is 2.83. The Morgan fingerprint density at radius 3 is 2.43 bits per heavy atom. The fourth-order valence-electron chi connectivity index (χ4n) is 2.86. The summed E-state index contributed by atoms with van der Waals surface area (Å²) in [6.45, 7) is 13.8. The van der Waals surface area contributed by atoms with Crippen LogP contribution >= 0.6 is 0 Å². The molecule has 0 spiro atoms. The van der Waals surface area contributed by atoms with Gasteiger partial charge in [-0.1, -0.05) is 42.0 Å². The largest absolute Gasteiger partial charge is 0.308 e. The standard InChI is InChI=1S/C20H33N3/c1-18(16-19-8-6-5-7-9-19)17-21-20(2,3)10-11-23-14-12-22(4)13-15-23/h5-9,16,21H,10-15,17H2,1-4H3. The SMILES string of the molecule is CC(=Cc1ccccc1)CNC(C)(C)CCN1CCN(C)CC1. The number of hydrogen-bond donors (Lipinski definition) is 1. The van der Waals surface area contributed by atoms with E-state index in [0.29, 0.717) is 0 Å². The molecular weight excluding hydrogens is 282 g/mol. The van der Waals surface area contributed by atoms with Gasteiger partial charge in [-0.2, -0.15) is 0 Å². The minimum absolute atomic E-state index is 0.176. The molecule has 1 aliphatic heterocycles. The molecule has 3 nitrogen and oxygen atoms in total. The lowest BCUT2D eigenvalue weighted by Crippen LogP contribution is -2.48. The second-order valence-corrected chi connectivity index (χ2v) is 7.53. The minimum atomic E-state index is 0.176. The second-order valence-electron chi connectivity index (χ2n) is 7.53. The summed E-state index contributed by atoms with van der Waals surface area (Å²) in [7, 11) is 2.21. The highest BCUT2D eigenvalue weighted by atomic mass is 15.2. The zero-order valence-electron chi connectivity index (χ0n) is 15.3. The Morgan fingerprint density at radius 2 is 1.78 bits per heavy atom. The summed E-state index contributed by atoms with van der Waals surface area (Å²) in [6.07, 6.45) is 3.46. The number of rotatable bonds is 7. The van der Waals surface area contributed by atoms with Crippen molar-refractivity contribution in [1.82, 2.24) is 15.1 Å². The Balaban J connectivity index is 1.74. The van der Waals surface area contributed by atoms with Gasteiger partial charge in [-0.25, -0.2) is 0 Å². The summed E-state index contributed by atoms with van der Waals surface area (Å²) in [4.78, 5) is 5.01. The number of nitrogens with one attached hydrogen (secondary N) is 1. The normalized spacial score (nSPS) is 18.3. The van der Waals surface area contributed by atoms with Crippen molar-refractivity contribution in [3.05, 3.63) is 41.5 Å². The molecular formula is C20H33N3. The Bertz CT molecular complexity index is 485. The number of nitrogens with zero attached hydrogens (tertiary/aromatic N) is 2. The quantitative estimate of drug-likeness (QED) is 0.834. The van der Waals surface area contributed by atoms with E-state index in [0.717, 1.165) is 6.54 Å². The van der Waals surface area contributed by atoms with Gasteiger partial charge >= 0.3 is 0 Å². The van der Waals surface area contributed by atoms with Crippen molar-refractivity contribution in [3.8, 4) is 0 Å². The molecule has 0 atom stereocenters. The fraction of sp³-hybridized carbons (Fsp3) is 0.600. The molecule has 128 valence electrons. The van der Waals surface area contributed by atoms with Crippen molar-refractivity contribution in [2.45, 2.75) is 32.7 Å². The van der Waals surface area contributed by atoms with Crippen molar-refractivity contribution in [2.24, 2.45) is 0 Å².